The van der Waals surface area contributed by atoms with Gasteiger partial charge in [-0.25, -0.2) is 0 Å². The minimum atomic E-state index is 0.469. The molecule has 0 aliphatic rings. The first-order valence-electron chi connectivity index (χ1n) is 5.60. The number of benzene rings is 1. The van der Waals surface area contributed by atoms with Crippen molar-refractivity contribution in [2.45, 2.75) is 12.8 Å². The number of aromatic nitrogens is 1. The number of nitrogens with two attached hydrogens (primary N) is 1. The van der Waals surface area contributed by atoms with Gasteiger partial charge in [0.05, 0.1) is 5.51 Å². The first-order valence-corrected chi connectivity index (χ1v) is 6.85. The molecule has 0 spiro atoms. The summed E-state index contributed by atoms with van der Waals surface area (Å²) in [5.41, 5.74) is 8.98. The van der Waals surface area contributed by atoms with Crippen LogP contribution in [0, 0.1) is 5.92 Å². The summed E-state index contributed by atoms with van der Waals surface area (Å²) in [7, 11) is 0. The number of hydrogen-bond acceptors (Lipinski definition) is 3. The maximum absolute atomic E-state index is 5.87. The molecule has 1 atom stereocenters. The first-order chi connectivity index (χ1) is 8.28. The third kappa shape index (κ3) is 3.80. The third-order valence-corrected chi connectivity index (χ3v) is 3.80. The van der Waals surface area contributed by atoms with E-state index < -0.39 is 0 Å². The third-order valence-electron chi connectivity index (χ3n) is 2.74. The van der Waals surface area contributed by atoms with E-state index in [1.54, 1.807) is 11.3 Å². The van der Waals surface area contributed by atoms with Gasteiger partial charge in [-0.15, -0.1) is 11.3 Å². The molecule has 2 aromatic rings. The lowest BCUT2D eigenvalue weighted by atomic mass is 9.96. The van der Waals surface area contributed by atoms with Crippen molar-refractivity contribution in [3.8, 4) is 0 Å². The monoisotopic (exact) mass is 266 g/mol. The molecule has 90 valence electrons. The van der Waals surface area contributed by atoms with Crippen LogP contribution in [0.5, 0.6) is 0 Å². The van der Waals surface area contributed by atoms with Crippen LogP contribution in [0.25, 0.3) is 0 Å². The zero-order valence-electron chi connectivity index (χ0n) is 9.47. The van der Waals surface area contributed by atoms with Gasteiger partial charge in [-0.3, -0.25) is 4.98 Å². The van der Waals surface area contributed by atoms with E-state index in [9.17, 15) is 0 Å². The minimum Gasteiger partial charge on any atom is -0.330 e. The molecule has 0 radical (unpaired) electrons. The number of hydrogen-bond donors (Lipinski definition) is 1. The smallest absolute Gasteiger partial charge is 0.0794 e. The Kier molecular flexibility index (Phi) is 4.54. The fraction of sp³-hybridized carbons (Fsp3) is 0.308. The normalized spacial score (nSPS) is 12.6. The quantitative estimate of drug-likeness (QED) is 0.903. The Morgan fingerprint density at radius 1 is 1.24 bits per heavy atom. The van der Waals surface area contributed by atoms with Crippen LogP contribution in [-0.2, 0) is 12.8 Å². The van der Waals surface area contributed by atoms with E-state index in [0.29, 0.717) is 12.5 Å². The first kappa shape index (κ1) is 12.6. The number of nitrogens with zero attached hydrogens (tertiary/aromatic N) is 1. The van der Waals surface area contributed by atoms with Gasteiger partial charge in [0.25, 0.3) is 0 Å². The SMILES string of the molecule is NCC(Cc1ccc(Cl)cc1)Cc1cncs1. The Morgan fingerprint density at radius 2 is 2.00 bits per heavy atom. The van der Waals surface area contributed by atoms with Crippen molar-refractivity contribution in [3.63, 3.8) is 0 Å². The van der Waals surface area contributed by atoms with Crippen LogP contribution < -0.4 is 5.73 Å². The van der Waals surface area contributed by atoms with Crippen LogP contribution in [-0.4, -0.2) is 11.5 Å². The maximum atomic E-state index is 5.87. The Balaban J connectivity index is 1.97. The molecule has 1 unspecified atom stereocenters. The fourth-order valence-corrected chi connectivity index (χ4v) is 2.66. The summed E-state index contributed by atoms with van der Waals surface area (Å²) in [6, 6.07) is 7.99. The molecule has 2 N–H and O–H groups in total. The number of rotatable bonds is 5. The van der Waals surface area contributed by atoms with Crippen LogP contribution in [0.3, 0.4) is 0 Å². The summed E-state index contributed by atoms with van der Waals surface area (Å²) < 4.78 is 0. The Morgan fingerprint density at radius 3 is 2.59 bits per heavy atom. The van der Waals surface area contributed by atoms with E-state index in [1.807, 2.05) is 23.8 Å². The van der Waals surface area contributed by atoms with Crippen molar-refractivity contribution < 1.29 is 0 Å². The van der Waals surface area contributed by atoms with E-state index in [-0.39, 0.29) is 0 Å². The molecule has 1 aromatic heterocycles. The second kappa shape index (κ2) is 6.15. The van der Waals surface area contributed by atoms with E-state index in [4.69, 9.17) is 17.3 Å². The highest BCUT2D eigenvalue weighted by Gasteiger charge is 2.10. The Bertz CT molecular complexity index is 439. The van der Waals surface area contributed by atoms with E-state index in [2.05, 4.69) is 17.1 Å². The maximum Gasteiger partial charge on any atom is 0.0794 e. The van der Waals surface area contributed by atoms with Crippen LogP contribution >= 0.6 is 22.9 Å². The second-order valence-corrected chi connectivity index (χ2v) is 5.51. The molecule has 0 saturated carbocycles. The van der Waals surface area contributed by atoms with Crippen molar-refractivity contribution in [1.29, 1.82) is 0 Å². The van der Waals surface area contributed by atoms with Crippen LogP contribution in [0.4, 0.5) is 0 Å². The highest BCUT2D eigenvalue weighted by molar-refractivity contribution is 7.09. The highest BCUT2D eigenvalue weighted by Crippen LogP contribution is 2.18. The van der Waals surface area contributed by atoms with E-state index in [1.165, 1.54) is 10.4 Å². The van der Waals surface area contributed by atoms with Gasteiger partial charge in [0.1, 0.15) is 0 Å². The summed E-state index contributed by atoms with van der Waals surface area (Å²) >= 11 is 7.56. The number of halogens is 1. The topological polar surface area (TPSA) is 38.9 Å². The molecule has 0 aliphatic heterocycles. The molecule has 2 rings (SSSR count). The average molecular weight is 267 g/mol. The van der Waals surface area contributed by atoms with Gasteiger partial charge in [-0.1, -0.05) is 23.7 Å². The Labute approximate surface area is 110 Å². The molecule has 4 heteroatoms. The van der Waals surface area contributed by atoms with E-state index >= 15 is 0 Å². The molecule has 0 fully saturated rings. The summed E-state index contributed by atoms with van der Waals surface area (Å²) in [6.07, 6.45) is 3.92. The summed E-state index contributed by atoms with van der Waals surface area (Å²) in [5.74, 6) is 0.469. The van der Waals surface area contributed by atoms with Gasteiger partial charge in [-0.05, 0) is 43.0 Å². The molecule has 1 aromatic carbocycles. The van der Waals surface area contributed by atoms with Gasteiger partial charge < -0.3 is 5.73 Å². The molecule has 0 aliphatic carbocycles. The van der Waals surface area contributed by atoms with Crippen LogP contribution in [0.2, 0.25) is 5.02 Å². The van der Waals surface area contributed by atoms with Gasteiger partial charge in [-0.2, -0.15) is 0 Å². The summed E-state index contributed by atoms with van der Waals surface area (Å²) in [6.45, 7) is 0.695. The second-order valence-electron chi connectivity index (χ2n) is 4.10. The van der Waals surface area contributed by atoms with E-state index in [0.717, 1.165) is 17.9 Å². The molecule has 2 nitrogen and oxygen atoms in total. The van der Waals surface area contributed by atoms with Crippen molar-refractivity contribution in [3.05, 3.63) is 51.4 Å². The van der Waals surface area contributed by atoms with Crippen LogP contribution in [0.1, 0.15) is 10.4 Å². The van der Waals surface area contributed by atoms with Gasteiger partial charge >= 0.3 is 0 Å². The predicted octanol–water partition coefficient (Wildman–Crippen LogP) is 3.16. The lowest BCUT2D eigenvalue weighted by Gasteiger charge is -2.13. The fourth-order valence-electron chi connectivity index (χ4n) is 1.82. The standard InChI is InChI=1S/C13H15ClN2S/c14-12-3-1-10(2-4-12)5-11(7-15)6-13-8-16-9-17-13/h1-4,8-9,11H,5-7,15H2. The zero-order chi connectivity index (χ0) is 12.1. The molecular weight excluding hydrogens is 252 g/mol. The molecule has 0 amide bonds. The minimum absolute atomic E-state index is 0.469. The Hall–Kier alpha value is -0.900. The van der Waals surface area contributed by atoms with Crippen molar-refractivity contribution in [2.75, 3.05) is 6.54 Å². The lowest BCUT2D eigenvalue weighted by Crippen LogP contribution is -2.18. The van der Waals surface area contributed by atoms with Crippen LogP contribution in [0.15, 0.2) is 36.0 Å². The van der Waals surface area contributed by atoms with Crippen molar-refractivity contribution in [1.82, 2.24) is 4.98 Å². The van der Waals surface area contributed by atoms with Crippen molar-refractivity contribution >= 4 is 22.9 Å². The summed E-state index contributed by atoms with van der Waals surface area (Å²) in [5, 5.41) is 0.778. The average Bonchev–Trinajstić information content (AvgIpc) is 2.84. The van der Waals surface area contributed by atoms with Crippen molar-refractivity contribution in [2.24, 2.45) is 11.7 Å². The highest BCUT2D eigenvalue weighted by atomic mass is 35.5. The largest absolute Gasteiger partial charge is 0.330 e. The van der Waals surface area contributed by atoms with Gasteiger partial charge in [0.2, 0.25) is 0 Å². The molecule has 0 bridgehead atoms. The zero-order valence-corrected chi connectivity index (χ0v) is 11.0. The molecule has 0 saturated heterocycles. The number of thiazole rings is 1. The lowest BCUT2D eigenvalue weighted by molar-refractivity contribution is 0.537. The predicted molar refractivity (Wildman–Crippen MR) is 73.5 cm³/mol. The van der Waals surface area contributed by atoms with Gasteiger partial charge in [0, 0.05) is 16.1 Å². The molecule has 17 heavy (non-hydrogen) atoms. The molecular formula is C13H15ClN2S. The molecule has 1 heterocycles. The van der Waals surface area contributed by atoms with Gasteiger partial charge in [0.15, 0.2) is 0 Å². The summed E-state index contributed by atoms with van der Waals surface area (Å²) in [4.78, 5) is 5.39.